The molecule has 1 unspecified atom stereocenters. The standard InChI is InChI=1S/C21H21ClN2O6S/c1-30-19-12-24(18(21(26)27)8-13-4-6-31(28,29)7-5-13)20(25)10-17(19)16-9-15(22)3-2-14(16)11-23/h2-3,9-10,12-13,18H,4-8H2,1H3,(H,26,27). The second-order valence-electron chi connectivity index (χ2n) is 7.49. The number of carboxylic acids is 1. The van der Waals surface area contributed by atoms with Crippen LogP contribution in [-0.4, -0.2) is 42.7 Å². The highest BCUT2D eigenvalue weighted by atomic mass is 35.5. The van der Waals surface area contributed by atoms with E-state index in [1.165, 1.54) is 25.4 Å². The third-order valence-corrected chi connectivity index (χ3v) is 7.46. The molecule has 31 heavy (non-hydrogen) atoms. The van der Waals surface area contributed by atoms with Gasteiger partial charge in [-0.05, 0) is 43.4 Å². The Hall–Kier alpha value is -2.83. The normalized spacial score (nSPS) is 16.9. The van der Waals surface area contributed by atoms with Crippen molar-refractivity contribution in [3.8, 4) is 22.9 Å². The van der Waals surface area contributed by atoms with Gasteiger partial charge in [-0.15, -0.1) is 0 Å². The lowest BCUT2D eigenvalue weighted by Gasteiger charge is -2.26. The molecule has 2 heterocycles. The lowest BCUT2D eigenvalue weighted by atomic mass is 9.93. The average Bonchev–Trinajstić information content (AvgIpc) is 2.73. The molecular weight excluding hydrogens is 444 g/mol. The first-order valence-electron chi connectivity index (χ1n) is 9.58. The number of sulfone groups is 1. The van der Waals surface area contributed by atoms with Crippen molar-refractivity contribution in [3.63, 3.8) is 0 Å². The van der Waals surface area contributed by atoms with Crippen LogP contribution in [0.2, 0.25) is 5.02 Å². The molecule has 1 saturated heterocycles. The van der Waals surface area contributed by atoms with E-state index in [2.05, 4.69) is 0 Å². The van der Waals surface area contributed by atoms with Gasteiger partial charge in [-0.1, -0.05) is 11.6 Å². The van der Waals surface area contributed by atoms with Crippen LogP contribution in [0.5, 0.6) is 5.75 Å². The Kier molecular flexibility index (Phi) is 6.72. The number of rotatable bonds is 6. The van der Waals surface area contributed by atoms with Crippen LogP contribution in [0.25, 0.3) is 11.1 Å². The first kappa shape index (κ1) is 22.8. The predicted octanol–water partition coefficient (Wildman–Crippen LogP) is 2.89. The minimum atomic E-state index is -3.07. The van der Waals surface area contributed by atoms with Crippen LogP contribution in [-0.2, 0) is 14.6 Å². The molecule has 0 bridgehead atoms. The minimum absolute atomic E-state index is 0.0207. The summed E-state index contributed by atoms with van der Waals surface area (Å²) in [6.45, 7) is 0. The fourth-order valence-electron chi connectivity index (χ4n) is 3.81. The largest absolute Gasteiger partial charge is 0.495 e. The second kappa shape index (κ2) is 9.12. The van der Waals surface area contributed by atoms with E-state index in [0.29, 0.717) is 29.0 Å². The van der Waals surface area contributed by atoms with Gasteiger partial charge in [0.2, 0.25) is 0 Å². The van der Waals surface area contributed by atoms with Gasteiger partial charge >= 0.3 is 5.97 Å². The van der Waals surface area contributed by atoms with Crippen LogP contribution in [0, 0.1) is 17.2 Å². The summed E-state index contributed by atoms with van der Waals surface area (Å²) in [7, 11) is -1.69. The molecule has 1 N–H and O–H groups in total. The van der Waals surface area contributed by atoms with E-state index in [4.69, 9.17) is 16.3 Å². The number of nitrogens with zero attached hydrogens (tertiary/aromatic N) is 2. The van der Waals surface area contributed by atoms with Gasteiger partial charge in [0.05, 0.1) is 36.4 Å². The molecule has 1 aromatic carbocycles. The molecule has 0 amide bonds. The van der Waals surface area contributed by atoms with Gasteiger partial charge in [-0.3, -0.25) is 9.36 Å². The van der Waals surface area contributed by atoms with Crippen LogP contribution >= 0.6 is 11.6 Å². The van der Waals surface area contributed by atoms with Crippen LogP contribution in [0.15, 0.2) is 35.3 Å². The van der Waals surface area contributed by atoms with Crippen LogP contribution in [0.3, 0.4) is 0 Å². The van der Waals surface area contributed by atoms with Crippen molar-refractivity contribution in [2.45, 2.75) is 25.3 Å². The first-order valence-corrected chi connectivity index (χ1v) is 11.8. The smallest absolute Gasteiger partial charge is 0.326 e. The number of halogens is 1. The Morgan fingerprint density at radius 3 is 2.58 bits per heavy atom. The molecule has 1 aromatic heterocycles. The molecule has 0 spiro atoms. The Labute approximate surface area is 184 Å². The maximum Gasteiger partial charge on any atom is 0.326 e. The van der Waals surface area contributed by atoms with Gasteiger partial charge < -0.3 is 9.84 Å². The molecule has 10 heteroatoms. The number of aromatic nitrogens is 1. The summed E-state index contributed by atoms with van der Waals surface area (Å²) in [4.78, 5) is 24.9. The fourth-order valence-corrected chi connectivity index (χ4v) is 5.57. The zero-order chi connectivity index (χ0) is 22.8. The number of pyridine rings is 1. The number of methoxy groups -OCH3 is 1. The second-order valence-corrected chi connectivity index (χ2v) is 10.2. The van der Waals surface area contributed by atoms with E-state index in [-0.39, 0.29) is 35.2 Å². The quantitative estimate of drug-likeness (QED) is 0.696. The molecule has 164 valence electrons. The molecule has 1 aliphatic rings. The summed E-state index contributed by atoms with van der Waals surface area (Å²) in [5.74, 6) is -1.05. The summed E-state index contributed by atoms with van der Waals surface area (Å²) in [5, 5.41) is 19.5. The number of hydrogen-bond acceptors (Lipinski definition) is 6. The summed E-state index contributed by atoms with van der Waals surface area (Å²) in [5.41, 5.74) is 0.449. The van der Waals surface area contributed by atoms with Crippen molar-refractivity contribution >= 4 is 27.4 Å². The fraction of sp³-hybridized carbons (Fsp3) is 0.381. The third kappa shape index (κ3) is 5.09. The Morgan fingerprint density at radius 2 is 2.00 bits per heavy atom. The maximum absolute atomic E-state index is 12.9. The zero-order valence-corrected chi connectivity index (χ0v) is 18.3. The lowest BCUT2D eigenvalue weighted by molar-refractivity contribution is -0.141. The number of nitriles is 1. The number of aliphatic carboxylic acids is 1. The number of hydrogen-bond donors (Lipinski definition) is 1. The van der Waals surface area contributed by atoms with Gasteiger partial charge in [0, 0.05) is 22.2 Å². The molecular formula is C21H21ClN2O6S. The lowest BCUT2D eigenvalue weighted by Crippen LogP contribution is -2.33. The first-order chi connectivity index (χ1) is 14.6. The van der Waals surface area contributed by atoms with Crippen molar-refractivity contribution in [1.29, 1.82) is 5.26 Å². The van der Waals surface area contributed by atoms with Gasteiger partial charge in [-0.25, -0.2) is 13.2 Å². The summed E-state index contributed by atoms with van der Waals surface area (Å²) < 4.78 is 29.8. The molecule has 0 radical (unpaired) electrons. The zero-order valence-electron chi connectivity index (χ0n) is 16.7. The number of benzene rings is 1. The van der Waals surface area contributed by atoms with E-state index in [0.717, 1.165) is 4.57 Å². The van der Waals surface area contributed by atoms with E-state index >= 15 is 0 Å². The highest BCUT2D eigenvalue weighted by Gasteiger charge is 2.30. The van der Waals surface area contributed by atoms with Crippen LogP contribution in [0.4, 0.5) is 0 Å². The maximum atomic E-state index is 12.9. The van der Waals surface area contributed by atoms with E-state index in [1.807, 2.05) is 6.07 Å². The molecule has 0 aliphatic carbocycles. The SMILES string of the molecule is COc1cn(C(CC2CCS(=O)(=O)CC2)C(=O)O)c(=O)cc1-c1cc(Cl)ccc1C#N. The Morgan fingerprint density at radius 1 is 1.32 bits per heavy atom. The molecule has 1 fully saturated rings. The molecule has 2 aromatic rings. The van der Waals surface area contributed by atoms with Crippen molar-refractivity contribution in [3.05, 3.63) is 51.4 Å². The highest BCUT2D eigenvalue weighted by molar-refractivity contribution is 7.91. The van der Waals surface area contributed by atoms with Crippen molar-refractivity contribution < 1.29 is 23.1 Å². The number of carbonyl (C=O) groups is 1. The van der Waals surface area contributed by atoms with Gasteiger partial charge in [0.1, 0.15) is 21.6 Å². The van der Waals surface area contributed by atoms with E-state index in [9.17, 15) is 28.4 Å². The number of carboxylic acid groups (broad SMARTS) is 1. The van der Waals surface area contributed by atoms with Gasteiger partial charge in [0.15, 0.2) is 0 Å². The number of ether oxygens (including phenoxy) is 1. The Balaban J connectivity index is 2.02. The molecule has 3 rings (SSSR count). The monoisotopic (exact) mass is 464 g/mol. The van der Waals surface area contributed by atoms with E-state index in [1.54, 1.807) is 12.1 Å². The van der Waals surface area contributed by atoms with Crippen molar-refractivity contribution in [1.82, 2.24) is 4.57 Å². The summed E-state index contributed by atoms with van der Waals surface area (Å²) >= 11 is 6.06. The Bertz CT molecular complexity index is 1200. The van der Waals surface area contributed by atoms with Crippen molar-refractivity contribution in [2.24, 2.45) is 5.92 Å². The predicted molar refractivity (Wildman–Crippen MR) is 115 cm³/mol. The van der Waals surface area contributed by atoms with Crippen LogP contribution < -0.4 is 10.3 Å². The summed E-state index contributed by atoms with van der Waals surface area (Å²) in [6, 6.07) is 6.73. The third-order valence-electron chi connectivity index (χ3n) is 5.51. The highest BCUT2D eigenvalue weighted by Crippen LogP contribution is 2.34. The molecule has 1 aliphatic heterocycles. The van der Waals surface area contributed by atoms with Crippen molar-refractivity contribution in [2.75, 3.05) is 18.6 Å². The topological polar surface area (TPSA) is 126 Å². The van der Waals surface area contributed by atoms with E-state index < -0.39 is 27.4 Å². The van der Waals surface area contributed by atoms with Crippen LogP contribution in [0.1, 0.15) is 30.9 Å². The average molecular weight is 465 g/mol. The minimum Gasteiger partial charge on any atom is -0.495 e. The molecule has 8 nitrogen and oxygen atoms in total. The molecule has 1 atom stereocenters. The summed E-state index contributed by atoms with van der Waals surface area (Å²) in [6.07, 6.45) is 2.18. The van der Waals surface area contributed by atoms with Gasteiger partial charge in [0.25, 0.3) is 5.56 Å². The van der Waals surface area contributed by atoms with Gasteiger partial charge in [-0.2, -0.15) is 5.26 Å². The molecule has 0 saturated carbocycles.